The smallest absolute Gasteiger partial charge is 0.355 e. The van der Waals surface area contributed by atoms with Crippen LogP contribution in [-0.2, 0) is 19.5 Å². The minimum atomic E-state index is -4.02. The summed E-state index contributed by atoms with van der Waals surface area (Å²) in [5.41, 5.74) is 1.34. The molecule has 0 amide bonds. The molecular weight excluding hydrogens is 436 g/mol. The highest BCUT2D eigenvalue weighted by molar-refractivity contribution is 7.89. The number of nitrogens with one attached hydrogen (secondary N) is 1. The number of carbonyl (C=O) groups excluding carboxylic acids is 2. The molecule has 9 nitrogen and oxygen atoms in total. The van der Waals surface area contributed by atoms with Crippen LogP contribution in [0.2, 0.25) is 0 Å². The summed E-state index contributed by atoms with van der Waals surface area (Å²) in [6, 6.07) is 4.90. The number of carbonyl (C=O) groups is 2. The van der Waals surface area contributed by atoms with Crippen LogP contribution in [0.25, 0.3) is 0 Å². The van der Waals surface area contributed by atoms with E-state index in [4.69, 9.17) is 14.2 Å². The third kappa shape index (κ3) is 5.20. The second kappa shape index (κ2) is 10.8. The first-order chi connectivity index (χ1) is 15.1. The van der Waals surface area contributed by atoms with E-state index in [1.165, 1.54) is 33.3 Å². The molecule has 1 heterocycles. The summed E-state index contributed by atoms with van der Waals surface area (Å²) in [6.07, 6.45) is 0. The zero-order valence-electron chi connectivity index (χ0n) is 19.2. The monoisotopic (exact) mass is 466 g/mol. The molecule has 1 N–H and O–H groups in total. The topological polar surface area (TPSA) is 115 Å². The summed E-state index contributed by atoms with van der Waals surface area (Å²) < 4.78 is 43.1. The average molecular weight is 467 g/mol. The van der Waals surface area contributed by atoms with Crippen LogP contribution in [0.3, 0.4) is 0 Å². The predicted molar refractivity (Wildman–Crippen MR) is 119 cm³/mol. The van der Waals surface area contributed by atoms with Crippen molar-refractivity contribution in [3.8, 4) is 5.75 Å². The Morgan fingerprint density at radius 1 is 1.12 bits per heavy atom. The van der Waals surface area contributed by atoms with Crippen LogP contribution in [-0.4, -0.2) is 69.5 Å². The van der Waals surface area contributed by atoms with Gasteiger partial charge in [-0.3, -0.25) is 4.79 Å². The fourth-order valence-electron chi connectivity index (χ4n) is 3.45. The maximum Gasteiger partial charge on any atom is 0.355 e. The van der Waals surface area contributed by atoms with Crippen LogP contribution in [0.5, 0.6) is 5.75 Å². The molecule has 2 rings (SSSR count). The van der Waals surface area contributed by atoms with Crippen LogP contribution in [0.4, 0.5) is 0 Å². The number of hydrogen-bond donors (Lipinski definition) is 1. The van der Waals surface area contributed by atoms with E-state index < -0.39 is 27.8 Å². The quantitative estimate of drug-likeness (QED) is 0.400. The van der Waals surface area contributed by atoms with Gasteiger partial charge in [0.15, 0.2) is 5.78 Å². The zero-order chi connectivity index (χ0) is 24.1. The van der Waals surface area contributed by atoms with Crippen LogP contribution in [0, 0.1) is 13.8 Å². The normalized spacial score (nSPS) is 12.6. The number of esters is 1. The second-order valence-corrected chi connectivity index (χ2v) is 9.06. The molecule has 0 radical (unpaired) electrons. The van der Waals surface area contributed by atoms with E-state index in [-0.39, 0.29) is 35.9 Å². The van der Waals surface area contributed by atoms with Crippen molar-refractivity contribution in [2.45, 2.75) is 38.6 Å². The highest BCUT2D eigenvalue weighted by Gasteiger charge is 2.35. The van der Waals surface area contributed by atoms with Crippen molar-refractivity contribution in [3.05, 3.63) is 46.8 Å². The van der Waals surface area contributed by atoms with Gasteiger partial charge in [-0.2, -0.15) is 4.31 Å². The molecule has 0 saturated heterocycles. The van der Waals surface area contributed by atoms with Crippen molar-refractivity contribution >= 4 is 21.8 Å². The molecule has 1 unspecified atom stereocenters. The lowest BCUT2D eigenvalue weighted by molar-refractivity contribution is 0.0519. The molecule has 0 aliphatic rings. The fourth-order valence-corrected chi connectivity index (χ4v) is 5.03. The summed E-state index contributed by atoms with van der Waals surface area (Å²) in [5, 5.41) is 0. The number of ketones is 1. The van der Waals surface area contributed by atoms with Gasteiger partial charge in [0.25, 0.3) is 0 Å². The standard InChI is InChI=1S/C22H30N2O7S/c1-7-31-22(26)20-14(2)19(15(3)23-20)21(25)16(4)24(12-13-29-5)32(27,28)18-10-8-17(30-6)9-11-18/h8-11,16,23H,7,12-13H2,1-6H3. The molecule has 32 heavy (non-hydrogen) atoms. The molecule has 1 aromatic heterocycles. The van der Waals surface area contributed by atoms with Gasteiger partial charge in [-0.1, -0.05) is 0 Å². The van der Waals surface area contributed by atoms with Crippen LogP contribution in [0.15, 0.2) is 29.2 Å². The first kappa shape index (κ1) is 25.6. The molecule has 0 bridgehead atoms. The first-order valence-electron chi connectivity index (χ1n) is 10.1. The lowest BCUT2D eigenvalue weighted by Gasteiger charge is -2.27. The summed E-state index contributed by atoms with van der Waals surface area (Å²) in [6.45, 7) is 6.78. The molecule has 0 saturated carbocycles. The van der Waals surface area contributed by atoms with E-state index in [2.05, 4.69) is 4.98 Å². The molecule has 0 spiro atoms. The van der Waals surface area contributed by atoms with E-state index in [9.17, 15) is 18.0 Å². The lowest BCUT2D eigenvalue weighted by Crippen LogP contribution is -2.45. The van der Waals surface area contributed by atoms with Gasteiger partial charge in [0.05, 0.1) is 31.3 Å². The van der Waals surface area contributed by atoms with Crippen molar-refractivity contribution in [2.75, 3.05) is 34.0 Å². The Bertz CT molecular complexity index is 1060. The number of methoxy groups -OCH3 is 2. The minimum Gasteiger partial charge on any atom is -0.497 e. The Kier molecular flexibility index (Phi) is 8.59. The zero-order valence-corrected chi connectivity index (χ0v) is 20.0. The van der Waals surface area contributed by atoms with E-state index >= 15 is 0 Å². The van der Waals surface area contributed by atoms with E-state index in [1.54, 1.807) is 32.9 Å². The van der Waals surface area contributed by atoms with Crippen molar-refractivity contribution in [3.63, 3.8) is 0 Å². The van der Waals surface area contributed by atoms with Crippen LogP contribution in [0.1, 0.15) is 46.0 Å². The van der Waals surface area contributed by atoms with E-state index in [0.717, 1.165) is 4.31 Å². The molecule has 0 aliphatic carbocycles. The van der Waals surface area contributed by atoms with Gasteiger partial charge in [0, 0.05) is 24.9 Å². The molecule has 176 valence electrons. The second-order valence-electron chi connectivity index (χ2n) is 7.17. The van der Waals surface area contributed by atoms with Gasteiger partial charge in [-0.25, -0.2) is 13.2 Å². The Hall–Kier alpha value is -2.69. The summed E-state index contributed by atoms with van der Waals surface area (Å²) in [5.74, 6) is -0.483. The molecule has 10 heteroatoms. The SMILES string of the molecule is CCOC(=O)c1[nH]c(C)c(C(=O)C(C)N(CCOC)S(=O)(=O)c2ccc(OC)cc2)c1C. The largest absolute Gasteiger partial charge is 0.497 e. The Morgan fingerprint density at radius 3 is 2.28 bits per heavy atom. The molecule has 0 aliphatic heterocycles. The van der Waals surface area contributed by atoms with Crippen LogP contribution < -0.4 is 4.74 Å². The molecular formula is C22H30N2O7S. The first-order valence-corrected chi connectivity index (χ1v) is 11.6. The number of aromatic nitrogens is 1. The Labute approximate surface area is 188 Å². The Morgan fingerprint density at radius 2 is 1.75 bits per heavy atom. The van der Waals surface area contributed by atoms with Gasteiger partial charge in [-0.05, 0) is 57.5 Å². The number of aromatic amines is 1. The van der Waals surface area contributed by atoms with Crippen molar-refractivity contribution in [2.24, 2.45) is 0 Å². The number of aryl methyl sites for hydroxylation is 1. The Balaban J connectivity index is 2.46. The van der Waals surface area contributed by atoms with Crippen molar-refractivity contribution in [1.29, 1.82) is 0 Å². The maximum absolute atomic E-state index is 13.4. The number of sulfonamides is 1. The van der Waals surface area contributed by atoms with Gasteiger partial charge in [-0.15, -0.1) is 0 Å². The highest BCUT2D eigenvalue weighted by Crippen LogP contribution is 2.26. The average Bonchev–Trinajstić information content (AvgIpc) is 3.07. The van der Waals surface area contributed by atoms with Gasteiger partial charge in [0.2, 0.25) is 10.0 Å². The molecule has 1 atom stereocenters. The van der Waals surface area contributed by atoms with Crippen molar-refractivity contribution in [1.82, 2.24) is 9.29 Å². The molecule has 2 aromatic rings. The summed E-state index contributed by atoms with van der Waals surface area (Å²) in [7, 11) is -1.08. The van der Waals surface area contributed by atoms with Crippen LogP contribution >= 0.6 is 0 Å². The van der Waals surface area contributed by atoms with Crippen molar-refractivity contribution < 1.29 is 32.2 Å². The fraction of sp³-hybridized carbons (Fsp3) is 0.455. The molecule has 0 fully saturated rings. The number of benzene rings is 1. The minimum absolute atomic E-state index is 0.0228. The number of hydrogen-bond acceptors (Lipinski definition) is 7. The third-order valence-electron chi connectivity index (χ3n) is 5.16. The van der Waals surface area contributed by atoms with Gasteiger partial charge in [0.1, 0.15) is 11.4 Å². The highest BCUT2D eigenvalue weighted by atomic mass is 32.2. The van der Waals surface area contributed by atoms with E-state index in [1.807, 2.05) is 0 Å². The predicted octanol–water partition coefficient (Wildman–Crippen LogP) is 2.73. The summed E-state index contributed by atoms with van der Waals surface area (Å²) in [4.78, 5) is 28.5. The number of nitrogens with zero attached hydrogens (tertiary/aromatic N) is 1. The number of Topliss-reactive ketones (excluding diaryl/α,β-unsaturated/α-hetero) is 1. The maximum atomic E-state index is 13.4. The van der Waals surface area contributed by atoms with Gasteiger partial charge < -0.3 is 19.2 Å². The van der Waals surface area contributed by atoms with Gasteiger partial charge >= 0.3 is 5.97 Å². The lowest BCUT2D eigenvalue weighted by atomic mass is 10.0. The number of rotatable bonds is 11. The summed E-state index contributed by atoms with van der Waals surface area (Å²) >= 11 is 0. The number of H-pyrrole nitrogens is 1. The molecule has 1 aromatic carbocycles. The van der Waals surface area contributed by atoms with E-state index in [0.29, 0.717) is 17.0 Å². The third-order valence-corrected chi connectivity index (χ3v) is 7.14. The number of ether oxygens (including phenoxy) is 3.